The Morgan fingerprint density at radius 2 is 1.79 bits per heavy atom. The van der Waals surface area contributed by atoms with Crippen LogP contribution >= 0.6 is 23.2 Å². The highest BCUT2D eigenvalue weighted by Gasteiger charge is 2.21. The third kappa shape index (κ3) is 3.52. The SMILES string of the molecule is O=C1C(=CN(CCCl)CCCl)CCc2ccccc21. The van der Waals surface area contributed by atoms with Crippen LogP contribution in [0.3, 0.4) is 0 Å². The second-order valence-electron chi connectivity index (χ2n) is 4.55. The predicted molar refractivity (Wildman–Crippen MR) is 80.2 cm³/mol. The summed E-state index contributed by atoms with van der Waals surface area (Å²) in [4.78, 5) is 14.4. The van der Waals surface area contributed by atoms with Gasteiger partial charge in [0.05, 0.1) is 0 Å². The van der Waals surface area contributed by atoms with Crippen LogP contribution in [0.25, 0.3) is 0 Å². The lowest BCUT2D eigenvalue weighted by molar-refractivity contribution is 0.102. The molecule has 0 radical (unpaired) electrons. The van der Waals surface area contributed by atoms with E-state index in [9.17, 15) is 4.79 Å². The molecule has 0 spiro atoms. The number of benzene rings is 1. The Morgan fingerprint density at radius 1 is 1.11 bits per heavy atom. The molecule has 102 valence electrons. The van der Waals surface area contributed by atoms with Gasteiger partial charge >= 0.3 is 0 Å². The molecule has 0 saturated heterocycles. The number of nitrogens with zero attached hydrogens (tertiary/aromatic N) is 1. The zero-order valence-electron chi connectivity index (χ0n) is 10.7. The van der Waals surface area contributed by atoms with Crippen molar-refractivity contribution in [1.82, 2.24) is 4.90 Å². The number of rotatable bonds is 5. The smallest absolute Gasteiger partial charge is 0.190 e. The summed E-state index contributed by atoms with van der Waals surface area (Å²) in [5.74, 6) is 1.20. The highest BCUT2D eigenvalue weighted by atomic mass is 35.5. The monoisotopic (exact) mass is 297 g/mol. The summed E-state index contributed by atoms with van der Waals surface area (Å²) in [7, 11) is 0. The fourth-order valence-electron chi connectivity index (χ4n) is 2.32. The maximum Gasteiger partial charge on any atom is 0.190 e. The third-order valence-corrected chi connectivity index (χ3v) is 3.64. The summed E-state index contributed by atoms with van der Waals surface area (Å²) in [6.07, 6.45) is 3.64. The summed E-state index contributed by atoms with van der Waals surface area (Å²) in [6.45, 7) is 1.43. The predicted octanol–water partition coefficient (Wildman–Crippen LogP) is 3.48. The molecule has 1 aliphatic carbocycles. The van der Waals surface area contributed by atoms with Crippen LogP contribution in [0.4, 0.5) is 0 Å². The van der Waals surface area contributed by atoms with Crippen molar-refractivity contribution in [2.24, 2.45) is 0 Å². The lowest BCUT2D eigenvalue weighted by atomic mass is 9.87. The van der Waals surface area contributed by atoms with Crippen LogP contribution in [-0.4, -0.2) is 35.5 Å². The maximum absolute atomic E-state index is 12.4. The molecule has 0 fully saturated rings. The standard InChI is InChI=1S/C15H17Cl2NO/c16-7-9-18(10-8-17)11-13-6-5-12-3-1-2-4-14(12)15(13)19/h1-4,11H,5-10H2. The molecule has 0 saturated carbocycles. The quantitative estimate of drug-likeness (QED) is 0.613. The molecular weight excluding hydrogens is 281 g/mol. The third-order valence-electron chi connectivity index (χ3n) is 3.30. The van der Waals surface area contributed by atoms with E-state index in [4.69, 9.17) is 23.2 Å². The van der Waals surface area contributed by atoms with Gasteiger partial charge in [-0.3, -0.25) is 4.79 Å². The first kappa shape index (κ1) is 14.4. The Kier molecular flexibility index (Phi) is 5.29. The molecule has 0 N–H and O–H groups in total. The summed E-state index contributed by atoms with van der Waals surface area (Å²) in [5.41, 5.74) is 2.83. The molecule has 0 atom stereocenters. The first-order valence-corrected chi connectivity index (χ1v) is 7.52. The first-order chi connectivity index (χ1) is 9.26. The minimum absolute atomic E-state index is 0.135. The second kappa shape index (κ2) is 6.97. The van der Waals surface area contributed by atoms with Crippen molar-refractivity contribution in [3.8, 4) is 0 Å². The second-order valence-corrected chi connectivity index (χ2v) is 5.31. The minimum Gasteiger partial charge on any atom is -0.375 e. The Hall–Kier alpha value is -0.990. The van der Waals surface area contributed by atoms with Gasteiger partial charge in [0.2, 0.25) is 0 Å². The van der Waals surface area contributed by atoms with Gasteiger partial charge in [-0.25, -0.2) is 0 Å². The Bertz CT molecular complexity index is 479. The average molecular weight is 298 g/mol. The van der Waals surface area contributed by atoms with Crippen molar-refractivity contribution in [1.29, 1.82) is 0 Å². The van der Waals surface area contributed by atoms with Crippen LogP contribution in [0.1, 0.15) is 22.3 Å². The molecule has 4 heteroatoms. The van der Waals surface area contributed by atoms with E-state index in [0.29, 0.717) is 24.8 Å². The number of halogens is 2. The van der Waals surface area contributed by atoms with Crippen LogP contribution in [0.2, 0.25) is 0 Å². The highest BCUT2D eigenvalue weighted by molar-refractivity contribution is 6.18. The largest absolute Gasteiger partial charge is 0.375 e. The first-order valence-electron chi connectivity index (χ1n) is 6.45. The maximum atomic E-state index is 12.4. The molecule has 0 bridgehead atoms. The molecule has 1 aliphatic rings. The van der Waals surface area contributed by atoms with Gasteiger partial charge in [-0.05, 0) is 18.4 Å². The van der Waals surface area contributed by atoms with E-state index in [2.05, 4.69) is 0 Å². The lowest BCUT2D eigenvalue weighted by Gasteiger charge is -2.22. The van der Waals surface area contributed by atoms with E-state index in [1.807, 2.05) is 35.4 Å². The molecule has 0 unspecified atom stereocenters. The molecule has 2 nitrogen and oxygen atoms in total. The zero-order chi connectivity index (χ0) is 13.7. The molecule has 19 heavy (non-hydrogen) atoms. The highest BCUT2D eigenvalue weighted by Crippen LogP contribution is 2.25. The van der Waals surface area contributed by atoms with Gasteiger partial charge in [0, 0.05) is 42.2 Å². The minimum atomic E-state index is 0.135. The summed E-state index contributed by atoms with van der Waals surface area (Å²) in [6, 6.07) is 7.82. The number of carbonyl (C=O) groups is 1. The average Bonchev–Trinajstić information content (AvgIpc) is 2.43. The van der Waals surface area contributed by atoms with E-state index in [1.165, 1.54) is 0 Å². The van der Waals surface area contributed by atoms with Crippen LogP contribution < -0.4 is 0 Å². The van der Waals surface area contributed by atoms with Crippen LogP contribution in [0.5, 0.6) is 0 Å². The number of hydrogen-bond acceptors (Lipinski definition) is 2. The van der Waals surface area contributed by atoms with Gasteiger partial charge in [0.15, 0.2) is 5.78 Å². The zero-order valence-corrected chi connectivity index (χ0v) is 12.3. The van der Waals surface area contributed by atoms with Crippen molar-refractivity contribution in [2.75, 3.05) is 24.8 Å². The number of ketones is 1. The van der Waals surface area contributed by atoms with Crippen molar-refractivity contribution in [3.63, 3.8) is 0 Å². The fourth-order valence-corrected chi connectivity index (χ4v) is 2.75. The molecule has 0 heterocycles. The number of Topliss-reactive ketones (excluding diaryl/α,β-unsaturated/α-hetero) is 1. The van der Waals surface area contributed by atoms with Crippen molar-refractivity contribution in [3.05, 3.63) is 47.2 Å². The molecule has 1 aromatic rings. The summed E-state index contributed by atoms with van der Waals surface area (Å²) >= 11 is 11.5. The molecular formula is C15H17Cl2NO. The number of allylic oxidation sites excluding steroid dienone is 1. The van der Waals surface area contributed by atoms with Crippen LogP contribution in [-0.2, 0) is 6.42 Å². The van der Waals surface area contributed by atoms with Gasteiger partial charge in [-0.1, -0.05) is 24.3 Å². The van der Waals surface area contributed by atoms with Crippen molar-refractivity contribution in [2.45, 2.75) is 12.8 Å². The lowest BCUT2D eigenvalue weighted by Crippen LogP contribution is -2.25. The normalized spacial score (nSPS) is 16.5. The van der Waals surface area contributed by atoms with Gasteiger partial charge in [0.25, 0.3) is 0 Å². The van der Waals surface area contributed by atoms with Crippen LogP contribution in [0.15, 0.2) is 36.0 Å². The van der Waals surface area contributed by atoms with E-state index >= 15 is 0 Å². The van der Waals surface area contributed by atoms with Crippen LogP contribution in [0, 0.1) is 0 Å². The molecule has 0 aliphatic heterocycles. The van der Waals surface area contributed by atoms with Crippen molar-refractivity contribution >= 4 is 29.0 Å². The molecule has 0 aromatic heterocycles. The van der Waals surface area contributed by atoms with Gasteiger partial charge in [-0.2, -0.15) is 0 Å². The topological polar surface area (TPSA) is 20.3 Å². The van der Waals surface area contributed by atoms with Gasteiger partial charge < -0.3 is 4.90 Å². The summed E-state index contributed by atoms with van der Waals surface area (Å²) < 4.78 is 0. The Labute approximate surface area is 124 Å². The summed E-state index contributed by atoms with van der Waals surface area (Å²) in [5, 5.41) is 0. The number of fused-ring (bicyclic) bond motifs is 1. The molecule has 2 rings (SSSR count). The van der Waals surface area contributed by atoms with Gasteiger partial charge in [0.1, 0.15) is 0 Å². The number of alkyl halides is 2. The molecule has 1 aromatic carbocycles. The molecule has 0 amide bonds. The van der Waals surface area contributed by atoms with E-state index in [0.717, 1.165) is 29.5 Å². The number of carbonyl (C=O) groups excluding carboxylic acids is 1. The Balaban J connectivity index is 2.20. The van der Waals surface area contributed by atoms with E-state index in [-0.39, 0.29) is 5.78 Å². The fraction of sp³-hybridized carbons (Fsp3) is 0.400. The Morgan fingerprint density at radius 3 is 2.47 bits per heavy atom. The van der Waals surface area contributed by atoms with Gasteiger partial charge in [-0.15, -0.1) is 23.2 Å². The van der Waals surface area contributed by atoms with Crippen molar-refractivity contribution < 1.29 is 4.79 Å². The van der Waals surface area contributed by atoms with E-state index in [1.54, 1.807) is 0 Å². The number of hydrogen-bond donors (Lipinski definition) is 0. The number of aryl methyl sites for hydroxylation is 1. The van der Waals surface area contributed by atoms with E-state index < -0.39 is 0 Å².